The average molecular weight is 288 g/mol. The molecule has 2 amide bonds. The van der Waals surface area contributed by atoms with Gasteiger partial charge in [0.15, 0.2) is 0 Å². The van der Waals surface area contributed by atoms with Crippen LogP contribution in [0.15, 0.2) is 18.2 Å². The van der Waals surface area contributed by atoms with Crippen LogP contribution in [-0.2, 0) is 16.0 Å². The number of benzene rings is 1. The Labute approximate surface area is 121 Å². The predicted molar refractivity (Wildman–Crippen MR) is 75.1 cm³/mol. The van der Waals surface area contributed by atoms with Crippen LogP contribution in [0.5, 0.6) is 0 Å². The van der Waals surface area contributed by atoms with Crippen LogP contribution in [0.2, 0.25) is 0 Å². The highest BCUT2D eigenvalue weighted by Crippen LogP contribution is 2.31. The van der Waals surface area contributed by atoms with Gasteiger partial charge in [-0.1, -0.05) is 12.8 Å². The maximum absolute atomic E-state index is 12.3. The lowest BCUT2D eigenvalue weighted by Gasteiger charge is -2.25. The summed E-state index contributed by atoms with van der Waals surface area (Å²) in [6.45, 7) is 0. The number of rotatable bonds is 3. The molecule has 0 unspecified atom stereocenters. The second kappa shape index (κ2) is 4.87. The molecule has 2 aliphatic rings. The lowest BCUT2D eigenvalue weighted by Crippen LogP contribution is -2.52. The summed E-state index contributed by atoms with van der Waals surface area (Å²) in [7, 11) is 0. The van der Waals surface area contributed by atoms with Crippen LogP contribution >= 0.6 is 0 Å². The fourth-order valence-corrected chi connectivity index (χ4v) is 3.03. The highest BCUT2D eigenvalue weighted by Gasteiger charge is 2.42. The van der Waals surface area contributed by atoms with E-state index in [0.29, 0.717) is 24.1 Å². The summed E-state index contributed by atoms with van der Waals surface area (Å²) in [5, 5.41) is 14.7. The van der Waals surface area contributed by atoms with E-state index < -0.39 is 17.4 Å². The first-order valence-corrected chi connectivity index (χ1v) is 6.99. The van der Waals surface area contributed by atoms with E-state index in [1.807, 2.05) is 0 Å². The van der Waals surface area contributed by atoms with Gasteiger partial charge in [-0.2, -0.15) is 0 Å². The van der Waals surface area contributed by atoms with Crippen molar-refractivity contribution < 1.29 is 19.5 Å². The highest BCUT2D eigenvalue weighted by molar-refractivity contribution is 6.02. The number of hydrogen-bond donors (Lipinski definition) is 3. The number of carbonyl (C=O) groups is 3. The van der Waals surface area contributed by atoms with Gasteiger partial charge in [0, 0.05) is 11.3 Å². The molecular formula is C15H16N2O4. The molecular weight excluding hydrogens is 272 g/mol. The molecule has 0 radical (unpaired) electrons. The molecule has 0 saturated heterocycles. The molecule has 1 fully saturated rings. The molecule has 1 aromatic rings. The Kier molecular flexibility index (Phi) is 3.16. The number of amides is 2. The first-order valence-electron chi connectivity index (χ1n) is 6.99. The number of carboxylic acids is 1. The minimum atomic E-state index is -1.15. The van der Waals surface area contributed by atoms with Gasteiger partial charge in [0.2, 0.25) is 5.91 Å². The first-order chi connectivity index (χ1) is 10.00. The van der Waals surface area contributed by atoms with Gasteiger partial charge in [-0.25, -0.2) is 4.79 Å². The average Bonchev–Trinajstić information content (AvgIpc) is 3.03. The fourth-order valence-electron chi connectivity index (χ4n) is 3.03. The van der Waals surface area contributed by atoms with Crippen LogP contribution in [0.25, 0.3) is 0 Å². The van der Waals surface area contributed by atoms with Crippen molar-refractivity contribution in [3.8, 4) is 0 Å². The Hall–Kier alpha value is -2.37. The largest absolute Gasteiger partial charge is 0.480 e. The Balaban J connectivity index is 1.81. The van der Waals surface area contributed by atoms with Gasteiger partial charge in [-0.05, 0) is 36.6 Å². The first kappa shape index (κ1) is 13.6. The maximum atomic E-state index is 12.3. The molecule has 1 aromatic carbocycles. The van der Waals surface area contributed by atoms with Gasteiger partial charge in [0.25, 0.3) is 5.91 Å². The summed E-state index contributed by atoms with van der Waals surface area (Å²) in [6.07, 6.45) is 2.77. The van der Waals surface area contributed by atoms with E-state index in [1.54, 1.807) is 18.2 Å². The highest BCUT2D eigenvalue weighted by atomic mass is 16.4. The standard InChI is InChI=1S/C15H16N2O4/c18-12-8-10-7-9(3-4-11(10)16-12)13(19)17-15(14(20)21)5-1-2-6-15/h3-4,7H,1-2,5-6,8H2,(H,16,18)(H,17,19)(H,20,21). The maximum Gasteiger partial charge on any atom is 0.329 e. The minimum Gasteiger partial charge on any atom is -0.480 e. The summed E-state index contributed by atoms with van der Waals surface area (Å²) >= 11 is 0. The Bertz CT molecular complexity index is 633. The number of nitrogens with one attached hydrogen (secondary N) is 2. The van der Waals surface area contributed by atoms with Crippen molar-refractivity contribution in [2.45, 2.75) is 37.6 Å². The number of carboxylic acid groups (broad SMARTS) is 1. The monoisotopic (exact) mass is 288 g/mol. The predicted octanol–water partition coefficient (Wildman–Crippen LogP) is 1.31. The molecule has 0 bridgehead atoms. The van der Waals surface area contributed by atoms with Gasteiger partial charge in [0.1, 0.15) is 5.54 Å². The van der Waals surface area contributed by atoms with E-state index in [2.05, 4.69) is 10.6 Å². The van der Waals surface area contributed by atoms with Crippen molar-refractivity contribution in [2.24, 2.45) is 0 Å². The number of carbonyl (C=O) groups excluding carboxylic acids is 2. The summed E-state index contributed by atoms with van der Waals surface area (Å²) in [5.41, 5.74) is 0.719. The van der Waals surface area contributed by atoms with E-state index in [9.17, 15) is 19.5 Å². The van der Waals surface area contributed by atoms with Gasteiger partial charge >= 0.3 is 5.97 Å². The lowest BCUT2D eigenvalue weighted by atomic mass is 9.97. The van der Waals surface area contributed by atoms with Crippen LogP contribution < -0.4 is 10.6 Å². The zero-order valence-corrected chi connectivity index (χ0v) is 11.4. The second-order valence-corrected chi connectivity index (χ2v) is 5.65. The van der Waals surface area contributed by atoms with Gasteiger partial charge in [-0.15, -0.1) is 0 Å². The van der Waals surface area contributed by atoms with E-state index in [1.165, 1.54) is 0 Å². The van der Waals surface area contributed by atoms with Crippen LogP contribution in [-0.4, -0.2) is 28.4 Å². The molecule has 110 valence electrons. The summed E-state index contributed by atoms with van der Waals surface area (Å²) in [5.74, 6) is -1.48. The van der Waals surface area contributed by atoms with Crippen LogP contribution in [0.1, 0.15) is 41.6 Å². The third-order valence-electron chi connectivity index (χ3n) is 4.21. The van der Waals surface area contributed by atoms with Crippen molar-refractivity contribution >= 4 is 23.5 Å². The van der Waals surface area contributed by atoms with Crippen molar-refractivity contribution in [2.75, 3.05) is 5.32 Å². The molecule has 3 rings (SSSR count). The molecule has 0 atom stereocenters. The van der Waals surface area contributed by atoms with E-state index in [0.717, 1.165) is 18.4 Å². The van der Waals surface area contributed by atoms with E-state index in [4.69, 9.17) is 0 Å². The van der Waals surface area contributed by atoms with Crippen molar-refractivity contribution in [1.82, 2.24) is 5.32 Å². The molecule has 0 aromatic heterocycles. The van der Waals surface area contributed by atoms with Gasteiger partial charge in [-0.3, -0.25) is 9.59 Å². The number of anilines is 1. The van der Waals surface area contributed by atoms with Crippen molar-refractivity contribution in [3.05, 3.63) is 29.3 Å². The molecule has 3 N–H and O–H groups in total. The minimum absolute atomic E-state index is 0.0969. The van der Waals surface area contributed by atoms with Crippen molar-refractivity contribution in [1.29, 1.82) is 0 Å². The smallest absolute Gasteiger partial charge is 0.329 e. The summed E-state index contributed by atoms with van der Waals surface area (Å²) < 4.78 is 0. The third kappa shape index (κ3) is 2.37. The molecule has 1 aliphatic carbocycles. The molecule has 1 saturated carbocycles. The third-order valence-corrected chi connectivity index (χ3v) is 4.21. The number of aliphatic carboxylic acids is 1. The normalized spacial score (nSPS) is 19.0. The van der Waals surface area contributed by atoms with Crippen molar-refractivity contribution in [3.63, 3.8) is 0 Å². The Morgan fingerprint density at radius 3 is 2.62 bits per heavy atom. The Morgan fingerprint density at radius 2 is 1.95 bits per heavy atom. The van der Waals surface area contributed by atoms with Crippen LogP contribution in [0, 0.1) is 0 Å². The Morgan fingerprint density at radius 1 is 1.24 bits per heavy atom. The second-order valence-electron chi connectivity index (χ2n) is 5.65. The molecule has 21 heavy (non-hydrogen) atoms. The molecule has 1 heterocycles. The molecule has 0 spiro atoms. The SMILES string of the molecule is O=C1Cc2cc(C(=O)NC3(C(=O)O)CCCC3)ccc2N1. The number of hydrogen-bond acceptors (Lipinski definition) is 3. The fraction of sp³-hybridized carbons (Fsp3) is 0.400. The summed E-state index contributed by atoms with van der Waals surface area (Å²) in [6, 6.07) is 4.93. The molecule has 1 aliphatic heterocycles. The van der Waals surface area contributed by atoms with Crippen LogP contribution in [0.4, 0.5) is 5.69 Å². The number of fused-ring (bicyclic) bond motifs is 1. The molecule has 6 heteroatoms. The zero-order chi connectivity index (χ0) is 15.0. The zero-order valence-electron chi connectivity index (χ0n) is 11.4. The van der Waals surface area contributed by atoms with Crippen LogP contribution in [0.3, 0.4) is 0 Å². The lowest BCUT2D eigenvalue weighted by molar-refractivity contribution is -0.144. The van der Waals surface area contributed by atoms with Gasteiger partial charge < -0.3 is 15.7 Å². The summed E-state index contributed by atoms with van der Waals surface area (Å²) in [4.78, 5) is 35.1. The van der Waals surface area contributed by atoms with E-state index in [-0.39, 0.29) is 12.3 Å². The topological polar surface area (TPSA) is 95.5 Å². The quantitative estimate of drug-likeness (QED) is 0.781. The molecule has 6 nitrogen and oxygen atoms in total. The van der Waals surface area contributed by atoms with E-state index >= 15 is 0 Å². The van der Waals surface area contributed by atoms with Gasteiger partial charge in [0.05, 0.1) is 6.42 Å².